The molecule has 1 aromatic carbocycles. The maximum absolute atomic E-state index is 12.6. The Bertz CT molecular complexity index is 437. The van der Waals surface area contributed by atoms with Crippen LogP contribution in [-0.4, -0.2) is 14.7 Å². The molecule has 0 unspecified atom stereocenters. The number of aldehydes is 1. The van der Waals surface area contributed by atoms with Gasteiger partial charge in [0, 0.05) is 5.56 Å². The molecule has 0 heterocycles. The van der Waals surface area contributed by atoms with E-state index in [-0.39, 0.29) is 11.1 Å². The average Bonchev–Trinajstić information content (AvgIpc) is 2.03. The molecule has 1 aromatic rings. The molecule has 0 aliphatic rings. The van der Waals surface area contributed by atoms with Crippen LogP contribution in [0.15, 0.2) is 23.1 Å². The van der Waals surface area contributed by atoms with E-state index in [9.17, 15) is 17.1 Å². The van der Waals surface area contributed by atoms with Crippen LogP contribution in [-0.2, 0) is 10.2 Å². The van der Waals surface area contributed by atoms with Crippen molar-refractivity contribution in [1.82, 2.24) is 0 Å². The summed E-state index contributed by atoms with van der Waals surface area (Å²) in [7, 11) is -4.72. The fourth-order valence-corrected chi connectivity index (χ4v) is 1.68. The van der Waals surface area contributed by atoms with Gasteiger partial charge in [-0.3, -0.25) is 4.79 Å². The van der Waals surface area contributed by atoms with Crippen molar-refractivity contribution in [2.24, 2.45) is 0 Å². The Kier molecular flexibility index (Phi) is 2.47. The van der Waals surface area contributed by atoms with Crippen LogP contribution in [0.3, 0.4) is 0 Å². The molecule has 0 atom stereocenters. The van der Waals surface area contributed by atoms with Crippen molar-refractivity contribution in [3.63, 3.8) is 0 Å². The average molecular weight is 202 g/mol. The van der Waals surface area contributed by atoms with Crippen molar-refractivity contribution in [3.8, 4) is 0 Å². The molecule has 0 aliphatic carbocycles. The Labute approximate surface area is 75.4 Å². The van der Waals surface area contributed by atoms with Crippen LogP contribution >= 0.6 is 0 Å². The highest BCUT2D eigenvalue weighted by molar-refractivity contribution is 7.86. The van der Waals surface area contributed by atoms with Gasteiger partial charge in [-0.25, -0.2) is 0 Å². The maximum atomic E-state index is 12.6. The number of aryl methyl sites for hydroxylation is 1. The summed E-state index contributed by atoms with van der Waals surface area (Å²) in [4.78, 5) is 9.83. The smallest absolute Gasteiger partial charge is 0.298 e. The van der Waals surface area contributed by atoms with Gasteiger partial charge in [0.1, 0.15) is 11.2 Å². The summed E-state index contributed by atoms with van der Waals surface area (Å²) >= 11 is 0. The van der Waals surface area contributed by atoms with Gasteiger partial charge in [-0.05, 0) is 18.6 Å². The monoisotopic (exact) mass is 202 g/mol. The van der Waals surface area contributed by atoms with E-state index < -0.39 is 15.1 Å². The number of hydrogen-bond acceptors (Lipinski definition) is 3. The largest absolute Gasteiger partial charge is 0.332 e. The maximum Gasteiger partial charge on any atom is 0.332 e. The van der Waals surface area contributed by atoms with Crippen molar-refractivity contribution in [2.45, 2.75) is 11.8 Å². The zero-order valence-electron chi connectivity index (χ0n) is 6.82. The predicted octanol–water partition coefficient (Wildman–Crippen LogP) is 1.47. The van der Waals surface area contributed by atoms with E-state index >= 15 is 0 Å². The second-order valence-electron chi connectivity index (χ2n) is 2.58. The minimum atomic E-state index is -4.72. The predicted molar refractivity (Wildman–Crippen MR) is 44.9 cm³/mol. The standard InChI is InChI=1S/C8H7FO3S/c1-6-2-3-7(5-10)4-8(6)13(9,11)12/h2-5H,1H3. The van der Waals surface area contributed by atoms with Gasteiger partial charge in [-0.2, -0.15) is 8.42 Å². The summed E-state index contributed by atoms with van der Waals surface area (Å²) in [5, 5.41) is 0. The molecule has 3 nitrogen and oxygen atoms in total. The molecule has 1 rings (SSSR count). The lowest BCUT2D eigenvalue weighted by Gasteiger charge is -2.00. The first-order valence-corrected chi connectivity index (χ1v) is 4.84. The third-order valence-electron chi connectivity index (χ3n) is 1.61. The van der Waals surface area contributed by atoms with E-state index in [1.165, 1.54) is 19.1 Å². The Morgan fingerprint density at radius 2 is 2.00 bits per heavy atom. The van der Waals surface area contributed by atoms with Crippen molar-refractivity contribution < 1.29 is 17.1 Å². The first kappa shape index (κ1) is 9.85. The van der Waals surface area contributed by atoms with Gasteiger partial charge in [0.2, 0.25) is 0 Å². The lowest BCUT2D eigenvalue weighted by atomic mass is 10.2. The molecule has 13 heavy (non-hydrogen) atoms. The van der Waals surface area contributed by atoms with E-state index in [2.05, 4.69) is 0 Å². The number of rotatable bonds is 2. The van der Waals surface area contributed by atoms with Gasteiger partial charge in [-0.1, -0.05) is 12.1 Å². The SMILES string of the molecule is Cc1ccc(C=O)cc1S(=O)(=O)F. The minimum absolute atomic E-state index is 0.141. The molecule has 0 radical (unpaired) electrons. The highest BCUT2D eigenvalue weighted by Gasteiger charge is 2.15. The van der Waals surface area contributed by atoms with E-state index in [4.69, 9.17) is 0 Å². The van der Waals surface area contributed by atoms with Crippen LogP contribution < -0.4 is 0 Å². The highest BCUT2D eigenvalue weighted by Crippen LogP contribution is 2.18. The van der Waals surface area contributed by atoms with Crippen LogP contribution in [0.4, 0.5) is 3.89 Å². The summed E-state index contributed by atoms with van der Waals surface area (Å²) in [6.07, 6.45) is 0.466. The molecule has 0 spiro atoms. The van der Waals surface area contributed by atoms with Crippen LogP contribution in [0.25, 0.3) is 0 Å². The third-order valence-corrected chi connectivity index (χ3v) is 2.58. The van der Waals surface area contributed by atoms with Gasteiger partial charge in [0.15, 0.2) is 0 Å². The van der Waals surface area contributed by atoms with Crippen LogP contribution in [0.2, 0.25) is 0 Å². The first-order chi connectivity index (χ1) is 5.95. The Morgan fingerprint density at radius 3 is 2.46 bits per heavy atom. The van der Waals surface area contributed by atoms with E-state index in [0.29, 0.717) is 6.29 Å². The fourth-order valence-electron chi connectivity index (χ4n) is 0.953. The molecule has 0 aromatic heterocycles. The van der Waals surface area contributed by atoms with Gasteiger partial charge in [-0.15, -0.1) is 3.89 Å². The molecule has 70 valence electrons. The molecule has 0 amide bonds. The van der Waals surface area contributed by atoms with Crippen LogP contribution in [0.5, 0.6) is 0 Å². The van der Waals surface area contributed by atoms with Gasteiger partial charge in [0.25, 0.3) is 0 Å². The fraction of sp³-hybridized carbons (Fsp3) is 0.125. The minimum Gasteiger partial charge on any atom is -0.298 e. The topological polar surface area (TPSA) is 51.2 Å². The zero-order valence-corrected chi connectivity index (χ0v) is 7.64. The molecule has 0 bridgehead atoms. The Morgan fingerprint density at radius 1 is 1.38 bits per heavy atom. The summed E-state index contributed by atoms with van der Waals surface area (Å²) < 4.78 is 33.6. The summed E-state index contributed by atoms with van der Waals surface area (Å²) in [5.74, 6) is 0. The number of halogens is 1. The summed E-state index contributed by atoms with van der Waals surface area (Å²) in [5.41, 5.74) is 0.426. The summed E-state index contributed by atoms with van der Waals surface area (Å²) in [6, 6.07) is 3.82. The molecular formula is C8H7FO3S. The summed E-state index contributed by atoms with van der Waals surface area (Å²) in [6.45, 7) is 1.46. The van der Waals surface area contributed by atoms with Crippen LogP contribution in [0.1, 0.15) is 15.9 Å². The van der Waals surface area contributed by atoms with Gasteiger partial charge in [0.05, 0.1) is 0 Å². The van der Waals surface area contributed by atoms with E-state index in [1.807, 2.05) is 0 Å². The Hall–Kier alpha value is -1.23. The lowest BCUT2D eigenvalue weighted by Crippen LogP contribution is -1.96. The lowest BCUT2D eigenvalue weighted by molar-refractivity contribution is 0.112. The number of carbonyl (C=O) groups is 1. The van der Waals surface area contributed by atoms with E-state index in [1.54, 1.807) is 0 Å². The van der Waals surface area contributed by atoms with Crippen molar-refractivity contribution in [3.05, 3.63) is 29.3 Å². The second-order valence-corrected chi connectivity index (χ2v) is 3.90. The number of benzene rings is 1. The van der Waals surface area contributed by atoms with Gasteiger partial charge >= 0.3 is 10.2 Å². The third kappa shape index (κ3) is 2.12. The van der Waals surface area contributed by atoms with Gasteiger partial charge < -0.3 is 0 Å². The molecule has 0 saturated heterocycles. The normalized spacial score (nSPS) is 11.2. The molecule has 5 heteroatoms. The molecule has 0 aliphatic heterocycles. The van der Waals surface area contributed by atoms with Crippen LogP contribution in [0, 0.1) is 6.92 Å². The molecule has 0 N–H and O–H groups in total. The number of carbonyl (C=O) groups excluding carboxylic acids is 1. The quantitative estimate of drug-likeness (QED) is 0.539. The molecule has 0 fully saturated rings. The Balaban J connectivity index is 3.44. The second kappa shape index (κ2) is 3.26. The first-order valence-electron chi connectivity index (χ1n) is 3.45. The highest BCUT2D eigenvalue weighted by atomic mass is 32.3. The van der Waals surface area contributed by atoms with Crippen molar-refractivity contribution in [1.29, 1.82) is 0 Å². The van der Waals surface area contributed by atoms with E-state index in [0.717, 1.165) is 6.07 Å². The molecule has 0 saturated carbocycles. The number of hydrogen-bond donors (Lipinski definition) is 0. The zero-order chi connectivity index (χ0) is 10.1. The molecular weight excluding hydrogens is 195 g/mol. The van der Waals surface area contributed by atoms with Crippen molar-refractivity contribution in [2.75, 3.05) is 0 Å². The van der Waals surface area contributed by atoms with Crippen molar-refractivity contribution >= 4 is 16.5 Å².